The van der Waals surface area contributed by atoms with Crippen molar-refractivity contribution in [3.8, 4) is 5.75 Å². The van der Waals surface area contributed by atoms with E-state index in [0.717, 1.165) is 0 Å². The summed E-state index contributed by atoms with van der Waals surface area (Å²) in [6, 6.07) is 7.35. The minimum Gasteiger partial charge on any atom is -0.481 e. The van der Waals surface area contributed by atoms with Gasteiger partial charge in [-0.25, -0.2) is 0 Å². The Hall–Kier alpha value is -1.22. The summed E-state index contributed by atoms with van der Waals surface area (Å²) in [5.74, 6) is 1.35. The number of carbonyl (C=O) groups excluding carboxylic acids is 1. The molecule has 0 bridgehead atoms. The van der Waals surface area contributed by atoms with E-state index >= 15 is 0 Å². The van der Waals surface area contributed by atoms with Gasteiger partial charge in [-0.15, -0.1) is 0 Å². The molecule has 2 rings (SSSR count). The lowest BCUT2D eigenvalue weighted by atomic mass is 10.2. The van der Waals surface area contributed by atoms with Crippen molar-refractivity contribution in [3.05, 3.63) is 29.3 Å². The third-order valence-electron chi connectivity index (χ3n) is 3.74. The Morgan fingerprint density at radius 2 is 1.89 bits per heavy atom. The van der Waals surface area contributed by atoms with Crippen LogP contribution in [-0.2, 0) is 4.79 Å². The standard InChI is InChI=1S/C15H20ClNO2/c1-10(12-4-5-12)17(3)15(18)11(2)19-14-8-6-13(16)7-9-14/h6-12H,4-5H2,1-3H3. The number of likely N-dealkylation sites (N-methyl/N-ethyl adjacent to an activating group) is 1. The molecule has 3 nitrogen and oxygen atoms in total. The van der Waals surface area contributed by atoms with Crippen LogP contribution in [0, 0.1) is 5.92 Å². The van der Waals surface area contributed by atoms with E-state index in [1.807, 2.05) is 7.05 Å². The van der Waals surface area contributed by atoms with Crippen LogP contribution in [0.3, 0.4) is 0 Å². The molecule has 1 amide bonds. The summed E-state index contributed by atoms with van der Waals surface area (Å²) < 4.78 is 5.65. The van der Waals surface area contributed by atoms with Gasteiger partial charge in [-0.2, -0.15) is 0 Å². The second-order valence-electron chi connectivity index (χ2n) is 5.24. The van der Waals surface area contributed by atoms with Crippen molar-refractivity contribution >= 4 is 17.5 Å². The first-order valence-corrected chi connectivity index (χ1v) is 7.05. The third kappa shape index (κ3) is 3.63. The molecule has 1 aliphatic rings. The van der Waals surface area contributed by atoms with Crippen LogP contribution in [0.2, 0.25) is 5.02 Å². The van der Waals surface area contributed by atoms with E-state index in [-0.39, 0.29) is 5.91 Å². The van der Waals surface area contributed by atoms with Crippen LogP contribution in [0.5, 0.6) is 5.75 Å². The largest absolute Gasteiger partial charge is 0.481 e. The van der Waals surface area contributed by atoms with Crippen molar-refractivity contribution in [2.45, 2.75) is 38.8 Å². The maximum absolute atomic E-state index is 12.3. The maximum Gasteiger partial charge on any atom is 0.263 e. The normalized spacial score (nSPS) is 17.7. The first kappa shape index (κ1) is 14.2. The number of ether oxygens (including phenoxy) is 1. The summed E-state index contributed by atoms with van der Waals surface area (Å²) in [4.78, 5) is 14.1. The molecule has 104 valence electrons. The monoisotopic (exact) mass is 281 g/mol. The molecule has 19 heavy (non-hydrogen) atoms. The Morgan fingerprint density at radius 1 is 1.32 bits per heavy atom. The molecule has 2 atom stereocenters. The highest BCUT2D eigenvalue weighted by Gasteiger charge is 2.34. The number of carbonyl (C=O) groups is 1. The number of amides is 1. The van der Waals surface area contributed by atoms with Crippen molar-refractivity contribution in [2.75, 3.05) is 7.05 Å². The quantitative estimate of drug-likeness (QED) is 0.828. The van der Waals surface area contributed by atoms with E-state index in [1.165, 1.54) is 12.8 Å². The molecule has 0 heterocycles. The molecule has 0 saturated heterocycles. The number of rotatable bonds is 5. The van der Waals surface area contributed by atoms with Gasteiger partial charge in [0.05, 0.1) is 0 Å². The molecule has 1 aromatic rings. The van der Waals surface area contributed by atoms with Crippen LogP contribution in [0.25, 0.3) is 0 Å². The van der Waals surface area contributed by atoms with Crippen LogP contribution in [-0.4, -0.2) is 30.0 Å². The molecule has 4 heteroatoms. The van der Waals surface area contributed by atoms with E-state index in [4.69, 9.17) is 16.3 Å². The molecule has 1 saturated carbocycles. The Morgan fingerprint density at radius 3 is 2.42 bits per heavy atom. The zero-order valence-corrected chi connectivity index (χ0v) is 12.4. The Bertz CT molecular complexity index is 442. The van der Waals surface area contributed by atoms with Crippen LogP contribution < -0.4 is 4.74 Å². The van der Waals surface area contributed by atoms with Gasteiger partial charge < -0.3 is 9.64 Å². The molecule has 0 aliphatic heterocycles. The number of hydrogen-bond donors (Lipinski definition) is 0. The van der Waals surface area contributed by atoms with Gasteiger partial charge in [-0.3, -0.25) is 4.79 Å². The van der Waals surface area contributed by atoms with Gasteiger partial charge in [0.2, 0.25) is 0 Å². The van der Waals surface area contributed by atoms with Gasteiger partial charge in [-0.1, -0.05) is 11.6 Å². The molecule has 1 fully saturated rings. The van der Waals surface area contributed by atoms with Crippen LogP contribution in [0.4, 0.5) is 0 Å². The zero-order chi connectivity index (χ0) is 14.0. The fraction of sp³-hybridized carbons (Fsp3) is 0.533. The molecular weight excluding hydrogens is 262 g/mol. The number of halogens is 1. The lowest BCUT2D eigenvalue weighted by Crippen LogP contribution is -2.43. The van der Waals surface area contributed by atoms with Crippen molar-refractivity contribution < 1.29 is 9.53 Å². The summed E-state index contributed by atoms with van der Waals surface area (Å²) in [6.45, 7) is 3.89. The van der Waals surface area contributed by atoms with E-state index in [9.17, 15) is 4.79 Å². The topological polar surface area (TPSA) is 29.5 Å². The SMILES string of the molecule is CC(Oc1ccc(Cl)cc1)C(=O)N(C)C(C)C1CC1. The van der Waals surface area contributed by atoms with E-state index in [1.54, 1.807) is 36.1 Å². The molecule has 0 spiro atoms. The summed E-state index contributed by atoms with van der Waals surface area (Å²) in [6.07, 6.45) is 1.98. The lowest BCUT2D eigenvalue weighted by Gasteiger charge is -2.27. The van der Waals surface area contributed by atoms with E-state index < -0.39 is 6.10 Å². The van der Waals surface area contributed by atoms with E-state index in [2.05, 4.69) is 6.92 Å². The molecular formula is C15H20ClNO2. The Balaban J connectivity index is 1.92. The number of hydrogen-bond acceptors (Lipinski definition) is 2. The number of benzene rings is 1. The first-order valence-electron chi connectivity index (χ1n) is 6.68. The fourth-order valence-electron chi connectivity index (χ4n) is 2.15. The number of nitrogens with zero attached hydrogens (tertiary/aromatic N) is 1. The van der Waals surface area contributed by atoms with Gasteiger partial charge in [-0.05, 0) is 56.9 Å². The van der Waals surface area contributed by atoms with Gasteiger partial charge in [0, 0.05) is 18.1 Å². The van der Waals surface area contributed by atoms with Gasteiger partial charge in [0.25, 0.3) is 5.91 Å². The van der Waals surface area contributed by atoms with Gasteiger partial charge in [0.1, 0.15) is 5.75 Å². The molecule has 0 aromatic heterocycles. The average molecular weight is 282 g/mol. The van der Waals surface area contributed by atoms with Crippen LogP contribution >= 0.6 is 11.6 Å². The first-order chi connectivity index (χ1) is 8.99. The second kappa shape index (κ2) is 5.83. The smallest absolute Gasteiger partial charge is 0.263 e. The lowest BCUT2D eigenvalue weighted by molar-refractivity contribution is -0.138. The molecule has 1 aliphatic carbocycles. The van der Waals surface area contributed by atoms with Crippen molar-refractivity contribution in [2.24, 2.45) is 5.92 Å². The van der Waals surface area contributed by atoms with Crippen molar-refractivity contribution in [3.63, 3.8) is 0 Å². The Kier molecular flexibility index (Phi) is 4.35. The van der Waals surface area contributed by atoms with Crippen LogP contribution in [0.15, 0.2) is 24.3 Å². The summed E-state index contributed by atoms with van der Waals surface area (Å²) in [5.41, 5.74) is 0. The summed E-state index contributed by atoms with van der Waals surface area (Å²) in [7, 11) is 1.85. The van der Waals surface area contributed by atoms with Crippen LogP contribution in [0.1, 0.15) is 26.7 Å². The zero-order valence-electron chi connectivity index (χ0n) is 11.6. The predicted octanol–water partition coefficient (Wildman–Crippen LogP) is 3.36. The average Bonchev–Trinajstić information content (AvgIpc) is 3.23. The second-order valence-corrected chi connectivity index (χ2v) is 5.68. The fourth-order valence-corrected chi connectivity index (χ4v) is 2.28. The molecule has 1 aromatic carbocycles. The van der Waals surface area contributed by atoms with E-state index in [0.29, 0.717) is 22.7 Å². The third-order valence-corrected chi connectivity index (χ3v) is 3.99. The summed E-state index contributed by atoms with van der Waals surface area (Å²) >= 11 is 5.81. The molecule has 2 unspecified atom stereocenters. The van der Waals surface area contributed by atoms with Gasteiger partial charge in [0.15, 0.2) is 6.10 Å². The molecule has 0 N–H and O–H groups in total. The predicted molar refractivity (Wildman–Crippen MR) is 76.5 cm³/mol. The van der Waals surface area contributed by atoms with Crippen molar-refractivity contribution in [1.29, 1.82) is 0 Å². The highest BCUT2D eigenvalue weighted by molar-refractivity contribution is 6.30. The highest BCUT2D eigenvalue weighted by Crippen LogP contribution is 2.34. The van der Waals surface area contributed by atoms with Crippen molar-refractivity contribution in [1.82, 2.24) is 4.90 Å². The molecule has 0 radical (unpaired) electrons. The van der Waals surface area contributed by atoms with Gasteiger partial charge >= 0.3 is 0 Å². The maximum atomic E-state index is 12.3. The minimum absolute atomic E-state index is 0.0225. The minimum atomic E-state index is -0.479. The highest BCUT2D eigenvalue weighted by atomic mass is 35.5. The Labute approximate surface area is 119 Å². The summed E-state index contributed by atoms with van der Waals surface area (Å²) in [5, 5.41) is 0.658.